The molecule has 0 aliphatic carbocycles. The third kappa shape index (κ3) is 3.51. The van der Waals surface area contributed by atoms with E-state index in [1.807, 2.05) is 0 Å². The largest absolute Gasteiger partial charge is 0.368 e. The molecule has 0 radical (unpaired) electrons. The molecule has 0 unspecified atom stereocenters. The normalized spacial score (nSPS) is 11.5. The van der Waals surface area contributed by atoms with Crippen LogP contribution in [0.5, 0.6) is 0 Å². The molecule has 0 fully saturated rings. The van der Waals surface area contributed by atoms with Gasteiger partial charge in [0.05, 0.1) is 0 Å². The van der Waals surface area contributed by atoms with E-state index in [1.165, 1.54) is 0 Å². The van der Waals surface area contributed by atoms with Crippen LogP contribution in [0.3, 0.4) is 0 Å². The summed E-state index contributed by atoms with van der Waals surface area (Å²) in [4.78, 5) is 10.7. The van der Waals surface area contributed by atoms with E-state index in [0.717, 1.165) is 6.26 Å². The van der Waals surface area contributed by atoms with Crippen LogP contribution in [0.2, 0.25) is 5.28 Å². The first kappa shape index (κ1) is 10.1. The maximum atomic E-state index is 10.8. The van der Waals surface area contributed by atoms with E-state index in [4.69, 9.17) is 17.3 Å². The number of rotatable bonds is 2. The van der Waals surface area contributed by atoms with E-state index in [0.29, 0.717) is 0 Å². The van der Waals surface area contributed by atoms with E-state index in [1.54, 1.807) is 0 Å². The minimum absolute atomic E-state index is 0.0556. The van der Waals surface area contributed by atoms with Crippen molar-refractivity contribution >= 4 is 27.4 Å². The number of anilines is 1. The van der Waals surface area contributed by atoms with Crippen molar-refractivity contribution in [2.24, 2.45) is 0 Å². The lowest BCUT2D eigenvalue weighted by Gasteiger charge is -1.98. The van der Waals surface area contributed by atoms with E-state index < -0.39 is 9.84 Å². The van der Waals surface area contributed by atoms with Crippen molar-refractivity contribution in [2.75, 3.05) is 12.0 Å². The topological polar surface area (TPSA) is 98.8 Å². The van der Waals surface area contributed by atoms with E-state index >= 15 is 0 Å². The maximum Gasteiger partial charge on any atom is 0.227 e. The van der Waals surface area contributed by atoms with Crippen molar-refractivity contribution in [1.29, 1.82) is 0 Å². The first-order valence-electron chi connectivity index (χ1n) is 3.20. The van der Waals surface area contributed by atoms with Gasteiger partial charge in [0.2, 0.25) is 11.2 Å². The molecule has 1 rings (SSSR count). The van der Waals surface area contributed by atoms with Crippen LogP contribution in [-0.2, 0) is 15.6 Å². The summed E-state index contributed by atoms with van der Waals surface area (Å²) in [5, 5.41) is -0.105. The standard InChI is InChI=1S/C5H7ClN4O2S/c1-13(11,12)2-3-8-4(6)10-5(7)9-3/h2H2,1H3,(H2,7,8,9,10). The van der Waals surface area contributed by atoms with Gasteiger partial charge in [0.1, 0.15) is 5.75 Å². The van der Waals surface area contributed by atoms with Crippen molar-refractivity contribution in [3.05, 3.63) is 11.1 Å². The highest BCUT2D eigenvalue weighted by Gasteiger charge is 2.09. The number of nitrogen functional groups attached to an aromatic ring is 1. The van der Waals surface area contributed by atoms with Crippen molar-refractivity contribution < 1.29 is 8.42 Å². The second kappa shape index (κ2) is 3.43. The Kier molecular flexibility index (Phi) is 2.67. The van der Waals surface area contributed by atoms with Crippen LogP contribution in [-0.4, -0.2) is 29.6 Å². The highest BCUT2D eigenvalue weighted by Crippen LogP contribution is 2.05. The van der Waals surface area contributed by atoms with Gasteiger partial charge in [-0.25, -0.2) is 13.4 Å². The van der Waals surface area contributed by atoms with E-state index in [-0.39, 0.29) is 22.8 Å². The zero-order valence-electron chi connectivity index (χ0n) is 6.73. The first-order valence-corrected chi connectivity index (χ1v) is 5.64. The van der Waals surface area contributed by atoms with Crippen LogP contribution in [0.1, 0.15) is 5.82 Å². The molecule has 72 valence electrons. The number of nitrogens with two attached hydrogens (primary N) is 1. The molecule has 0 saturated carbocycles. The Labute approximate surface area is 80.1 Å². The number of halogens is 1. The van der Waals surface area contributed by atoms with Crippen LogP contribution in [0.4, 0.5) is 5.95 Å². The van der Waals surface area contributed by atoms with Crippen molar-refractivity contribution in [3.8, 4) is 0 Å². The average molecular weight is 223 g/mol. The molecule has 0 aromatic carbocycles. The molecular formula is C5H7ClN4O2S. The third-order valence-electron chi connectivity index (χ3n) is 1.06. The van der Waals surface area contributed by atoms with E-state index in [2.05, 4.69) is 15.0 Å². The minimum atomic E-state index is -3.18. The lowest BCUT2D eigenvalue weighted by atomic mass is 10.7. The fraction of sp³-hybridized carbons (Fsp3) is 0.400. The zero-order chi connectivity index (χ0) is 10.1. The molecule has 0 bridgehead atoms. The van der Waals surface area contributed by atoms with Gasteiger partial charge in [-0.1, -0.05) is 0 Å². The van der Waals surface area contributed by atoms with Gasteiger partial charge in [0.25, 0.3) is 0 Å². The molecule has 8 heteroatoms. The van der Waals surface area contributed by atoms with Crippen molar-refractivity contribution in [3.63, 3.8) is 0 Å². The molecule has 1 aromatic rings. The van der Waals surface area contributed by atoms with Gasteiger partial charge in [-0.15, -0.1) is 0 Å². The number of nitrogens with zero attached hydrogens (tertiary/aromatic N) is 3. The predicted molar refractivity (Wildman–Crippen MR) is 47.8 cm³/mol. The molecule has 1 aromatic heterocycles. The Morgan fingerprint density at radius 1 is 1.38 bits per heavy atom. The summed E-state index contributed by atoms with van der Waals surface area (Å²) in [6, 6.07) is 0. The molecule has 0 amide bonds. The highest BCUT2D eigenvalue weighted by molar-refractivity contribution is 7.89. The number of aromatic nitrogens is 3. The minimum Gasteiger partial charge on any atom is -0.368 e. The van der Waals surface area contributed by atoms with Gasteiger partial charge in [0.15, 0.2) is 15.7 Å². The summed E-state index contributed by atoms with van der Waals surface area (Å²) >= 11 is 5.44. The summed E-state index contributed by atoms with van der Waals surface area (Å²) in [5.41, 5.74) is 5.24. The van der Waals surface area contributed by atoms with Gasteiger partial charge < -0.3 is 5.73 Å². The quantitative estimate of drug-likeness (QED) is 0.735. The third-order valence-corrected chi connectivity index (χ3v) is 2.01. The molecule has 2 N–H and O–H groups in total. The van der Waals surface area contributed by atoms with Crippen LogP contribution in [0, 0.1) is 0 Å². The Morgan fingerprint density at radius 2 is 2.00 bits per heavy atom. The van der Waals surface area contributed by atoms with Crippen LogP contribution in [0.15, 0.2) is 0 Å². The Morgan fingerprint density at radius 3 is 2.46 bits per heavy atom. The second-order valence-corrected chi connectivity index (χ2v) is 4.93. The Hall–Kier alpha value is -0.950. The second-order valence-electron chi connectivity index (χ2n) is 2.45. The monoisotopic (exact) mass is 222 g/mol. The maximum absolute atomic E-state index is 10.8. The van der Waals surface area contributed by atoms with Gasteiger partial charge >= 0.3 is 0 Å². The zero-order valence-corrected chi connectivity index (χ0v) is 8.30. The number of sulfone groups is 1. The van der Waals surface area contributed by atoms with Gasteiger partial charge in [-0.2, -0.15) is 9.97 Å². The van der Waals surface area contributed by atoms with Gasteiger partial charge in [-0.3, -0.25) is 0 Å². The fourth-order valence-corrected chi connectivity index (χ4v) is 1.49. The fourth-order valence-electron chi connectivity index (χ4n) is 0.707. The molecule has 0 aliphatic heterocycles. The van der Waals surface area contributed by atoms with Gasteiger partial charge in [0, 0.05) is 6.26 Å². The van der Waals surface area contributed by atoms with Crippen LogP contribution >= 0.6 is 11.6 Å². The summed E-state index contributed by atoms with van der Waals surface area (Å²) in [5.74, 6) is -0.321. The first-order chi connectivity index (χ1) is 5.87. The Bertz CT molecular complexity index is 398. The van der Waals surface area contributed by atoms with Crippen LogP contribution in [0.25, 0.3) is 0 Å². The molecule has 0 atom stereocenters. The SMILES string of the molecule is CS(=O)(=O)Cc1nc(N)nc(Cl)n1. The number of hydrogen-bond acceptors (Lipinski definition) is 6. The molecule has 13 heavy (non-hydrogen) atoms. The lowest BCUT2D eigenvalue weighted by molar-refractivity contribution is 0.599. The smallest absolute Gasteiger partial charge is 0.227 e. The lowest BCUT2D eigenvalue weighted by Crippen LogP contribution is -2.08. The Balaban J connectivity index is 3.03. The van der Waals surface area contributed by atoms with E-state index in [9.17, 15) is 8.42 Å². The molecule has 0 aliphatic rings. The van der Waals surface area contributed by atoms with Crippen molar-refractivity contribution in [2.45, 2.75) is 5.75 Å². The number of hydrogen-bond donors (Lipinski definition) is 1. The molecule has 0 saturated heterocycles. The summed E-state index contributed by atoms with van der Waals surface area (Å²) in [7, 11) is -3.18. The summed E-state index contributed by atoms with van der Waals surface area (Å²) < 4.78 is 21.7. The van der Waals surface area contributed by atoms with Crippen LogP contribution < -0.4 is 5.73 Å². The molecule has 1 heterocycles. The molecule has 6 nitrogen and oxygen atoms in total. The molecule has 0 spiro atoms. The highest BCUT2D eigenvalue weighted by atomic mass is 35.5. The predicted octanol–water partition coefficient (Wildman–Crippen LogP) is -0.348. The summed E-state index contributed by atoms with van der Waals surface area (Å²) in [6.45, 7) is 0. The molecular weight excluding hydrogens is 216 g/mol. The summed E-state index contributed by atoms with van der Waals surface area (Å²) in [6.07, 6.45) is 1.07. The van der Waals surface area contributed by atoms with Gasteiger partial charge in [-0.05, 0) is 11.6 Å². The average Bonchev–Trinajstić information content (AvgIpc) is 1.78. The van der Waals surface area contributed by atoms with Crippen molar-refractivity contribution in [1.82, 2.24) is 15.0 Å².